The lowest BCUT2D eigenvalue weighted by molar-refractivity contribution is -0.144. The van der Waals surface area contributed by atoms with Crippen LogP contribution in [-0.4, -0.2) is 42.1 Å². The highest BCUT2D eigenvalue weighted by atomic mass is 16.5. The average molecular weight is 251 g/mol. The molecular formula is C13H17NO4. The summed E-state index contributed by atoms with van der Waals surface area (Å²) in [5.41, 5.74) is 2.23. The number of aryl methyl sites for hydroxylation is 2. The Morgan fingerprint density at radius 2 is 1.94 bits per heavy atom. The van der Waals surface area contributed by atoms with Gasteiger partial charge >= 0.3 is 5.97 Å². The van der Waals surface area contributed by atoms with Gasteiger partial charge in [0.1, 0.15) is 12.3 Å². The van der Waals surface area contributed by atoms with Crippen molar-refractivity contribution in [2.45, 2.75) is 13.8 Å². The second kappa shape index (κ2) is 6.05. The Labute approximate surface area is 106 Å². The van der Waals surface area contributed by atoms with Crippen LogP contribution >= 0.6 is 0 Å². The normalized spacial score (nSPS) is 9.94. The van der Waals surface area contributed by atoms with Gasteiger partial charge in [0.2, 0.25) is 0 Å². The first-order valence-electron chi connectivity index (χ1n) is 5.56. The summed E-state index contributed by atoms with van der Waals surface area (Å²) in [4.78, 5) is 23.1. The third-order valence-corrected chi connectivity index (χ3v) is 2.64. The van der Waals surface area contributed by atoms with Crippen LogP contribution in [-0.2, 0) is 9.59 Å². The van der Waals surface area contributed by atoms with Gasteiger partial charge in [-0.1, -0.05) is 6.07 Å². The number of nitrogens with zero attached hydrogens (tertiary/aromatic N) is 1. The van der Waals surface area contributed by atoms with Gasteiger partial charge in [-0.15, -0.1) is 0 Å². The molecule has 1 amide bonds. The Hall–Kier alpha value is -2.04. The summed E-state index contributed by atoms with van der Waals surface area (Å²) in [6.45, 7) is 3.47. The molecule has 0 heterocycles. The highest BCUT2D eigenvalue weighted by molar-refractivity contribution is 5.82. The molecule has 0 aromatic heterocycles. The van der Waals surface area contributed by atoms with Crippen molar-refractivity contribution in [3.8, 4) is 5.75 Å². The van der Waals surface area contributed by atoms with E-state index in [9.17, 15) is 9.59 Å². The number of carbonyl (C=O) groups excluding carboxylic acids is 1. The molecule has 0 spiro atoms. The molecule has 0 fully saturated rings. The number of carbonyl (C=O) groups is 2. The first-order valence-corrected chi connectivity index (χ1v) is 5.56. The highest BCUT2D eigenvalue weighted by Crippen LogP contribution is 2.16. The molecule has 0 bridgehead atoms. The van der Waals surface area contributed by atoms with Crippen molar-refractivity contribution in [2.24, 2.45) is 0 Å². The molecule has 0 atom stereocenters. The number of ether oxygens (including phenoxy) is 1. The Balaban J connectivity index is 2.52. The quantitative estimate of drug-likeness (QED) is 0.854. The van der Waals surface area contributed by atoms with Crippen molar-refractivity contribution in [3.05, 3.63) is 29.3 Å². The summed E-state index contributed by atoms with van der Waals surface area (Å²) < 4.78 is 5.32. The Kier molecular flexibility index (Phi) is 4.71. The van der Waals surface area contributed by atoms with E-state index in [-0.39, 0.29) is 19.1 Å². The number of benzene rings is 1. The number of hydrogen-bond donors (Lipinski definition) is 1. The Morgan fingerprint density at radius 1 is 1.28 bits per heavy atom. The second-order valence-corrected chi connectivity index (χ2v) is 4.18. The van der Waals surface area contributed by atoms with Crippen molar-refractivity contribution in [1.29, 1.82) is 0 Å². The molecular weight excluding hydrogens is 234 g/mol. The van der Waals surface area contributed by atoms with Gasteiger partial charge in [0, 0.05) is 7.05 Å². The van der Waals surface area contributed by atoms with E-state index in [0.29, 0.717) is 5.75 Å². The maximum absolute atomic E-state index is 11.5. The van der Waals surface area contributed by atoms with Gasteiger partial charge in [0.15, 0.2) is 6.61 Å². The van der Waals surface area contributed by atoms with Gasteiger partial charge in [-0.25, -0.2) is 0 Å². The molecule has 18 heavy (non-hydrogen) atoms. The van der Waals surface area contributed by atoms with Crippen LogP contribution in [0.3, 0.4) is 0 Å². The molecule has 98 valence electrons. The van der Waals surface area contributed by atoms with Gasteiger partial charge in [0.25, 0.3) is 5.91 Å². The number of carboxylic acids is 1. The van der Waals surface area contributed by atoms with Crippen LogP contribution in [0.1, 0.15) is 11.1 Å². The van der Waals surface area contributed by atoms with Crippen molar-refractivity contribution >= 4 is 11.9 Å². The van der Waals surface area contributed by atoms with Gasteiger partial charge < -0.3 is 14.7 Å². The van der Waals surface area contributed by atoms with Crippen molar-refractivity contribution in [3.63, 3.8) is 0 Å². The van der Waals surface area contributed by atoms with Gasteiger partial charge in [0.05, 0.1) is 0 Å². The molecule has 0 unspecified atom stereocenters. The minimum atomic E-state index is -1.04. The van der Waals surface area contributed by atoms with Crippen LogP contribution in [0.4, 0.5) is 0 Å². The highest BCUT2D eigenvalue weighted by Gasteiger charge is 2.12. The zero-order chi connectivity index (χ0) is 13.7. The number of aliphatic carboxylic acids is 1. The molecule has 5 nitrogen and oxygen atoms in total. The smallest absolute Gasteiger partial charge is 0.323 e. The molecule has 1 N–H and O–H groups in total. The molecule has 1 aromatic carbocycles. The topological polar surface area (TPSA) is 66.8 Å². The van der Waals surface area contributed by atoms with E-state index in [1.165, 1.54) is 7.05 Å². The predicted molar refractivity (Wildman–Crippen MR) is 66.7 cm³/mol. The molecule has 0 aliphatic rings. The molecule has 5 heteroatoms. The predicted octanol–water partition coefficient (Wildman–Crippen LogP) is 1.23. The van der Waals surface area contributed by atoms with Crippen molar-refractivity contribution in [2.75, 3.05) is 20.2 Å². The Morgan fingerprint density at radius 3 is 2.50 bits per heavy atom. The molecule has 0 saturated heterocycles. The summed E-state index contributed by atoms with van der Waals surface area (Å²) in [6, 6.07) is 5.54. The third-order valence-electron chi connectivity index (χ3n) is 2.64. The van der Waals surface area contributed by atoms with Crippen LogP contribution in [0.2, 0.25) is 0 Å². The minimum Gasteiger partial charge on any atom is -0.484 e. The lowest BCUT2D eigenvalue weighted by Crippen LogP contribution is -2.35. The number of likely N-dealkylation sites (N-methyl/N-ethyl adjacent to an activating group) is 1. The lowest BCUT2D eigenvalue weighted by atomic mass is 10.1. The van der Waals surface area contributed by atoms with E-state index < -0.39 is 5.97 Å². The van der Waals surface area contributed by atoms with Crippen molar-refractivity contribution in [1.82, 2.24) is 4.90 Å². The maximum atomic E-state index is 11.5. The van der Waals surface area contributed by atoms with Gasteiger partial charge in [-0.2, -0.15) is 0 Å². The minimum absolute atomic E-state index is 0.160. The average Bonchev–Trinajstić information content (AvgIpc) is 2.29. The fourth-order valence-corrected chi connectivity index (χ4v) is 1.35. The molecule has 0 aliphatic carbocycles. The molecule has 0 radical (unpaired) electrons. The van der Waals surface area contributed by atoms with Gasteiger partial charge in [-0.3, -0.25) is 9.59 Å². The summed E-state index contributed by atoms with van der Waals surface area (Å²) in [6.07, 6.45) is 0. The van der Waals surface area contributed by atoms with E-state index >= 15 is 0 Å². The zero-order valence-electron chi connectivity index (χ0n) is 10.8. The van der Waals surface area contributed by atoms with E-state index in [0.717, 1.165) is 16.0 Å². The SMILES string of the molecule is Cc1ccc(OCC(=O)N(C)CC(=O)O)cc1C. The fourth-order valence-electron chi connectivity index (χ4n) is 1.35. The van der Waals surface area contributed by atoms with Crippen LogP contribution in [0.5, 0.6) is 5.75 Å². The van der Waals surface area contributed by atoms with E-state index in [4.69, 9.17) is 9.84 Å². The van der Waals surface area contributed by atoms with Crippen LogP contribution in [0.25, 0.3) is 0 Å². The number of carboxylic acid groups (broad SMARTS) is 1. The van der Waals surface area contributed by atoms with Crippen molar-refractivity contribution < 1.29 is 19.4 Å². The number of rotatable bonds is 5. The molecule has 1 rings (SSSR count). The van der Waals surface area contributed by atoms with Gasteiger partial charge in [-0.05, 0) is 37.1 Å². The lowest BCUT2D eigenvalue weighted by Gasteiger charge is -2.15. The molecule has 0 saturated carbocycles. The molecule has 1 aromatic rings. The summed E-state index contributed by atoms with van der Waals surface area (Å²) in [5, 5.41) is 8.55. The monoisotopic (exact) mass is 251 g/mol. The van der Waals surface area contributed by atoms with Crippen LogP contribution in [0, 0.1) is 13.8 Å². The second-order valence-electron chi connectivity index (χ2n) is 4.18. The Bertz CT molecular complexity index is 456. The summed E-state index contributed by atoms with van der Waals surface area (Å²) >= 11 is 0. The van der Waals surface area contributed by atoms with Crippen LogP contribution < -0.4 is 4.74 Å². The fraction of sp³-hybridized carbons (Fsp3) is 0.385. The van der Waals surface area contributed by atoms with E-state index in [2.05, 4.69) is 0 Å². The first-order chi connectivity index (χ1) is 8.40. The summed E-state index contributed by atoms with van der Waals surface area (Å²) in [7, 11) is 1.43. The number of amides is 1. The third kappa shape index (κ3) is 4.08. The maximum Gasteiger partial charge on any atom is 0.323 e. The molecule has 0 aliphatic heterocycles. The van der Waals surface area contributed by atoms with Crippen LogP contribution in [0.15, 0.2) is 18.2 Å². The standard InChI is InChI=1S/C13H17NO4/c1-9-4-5-11(6-10(9)2)18-8-12(15)14(3)7-13(16)17/h4-6H,7-8H2,1-3H3,(H,16,17). The summed E-state index contributed by atoms with van der Waals surface area (Å²) in [5.74, 6) is -0.803. The zero-order valence-corrected chi connectivity index (χ0v) is 10.8. The van der Waals surface area contributed by atoms with E-state index in [1.54, 1.807) is 6.07 Å². The van der Waals surface area contributed by atoms with E-state index in [1.807, 2.05) is 26.0 Å². The first kappa shape index (κ1) is 14.0. The number of hydrogen-bond acceptors (Lipinski definition) is 3. The largest absolute Gasteiger partial charge is 0.484 e.